The molecule has 1 saturated carbocycles. The van der Waals surface area contributed by atoms with E-state index in [4.69, 9.17) is 5.73 Å². The van der Waals surface area contributed by atoms with Crippen LogP contribution in [-0.4, -0.2) is 11.9 Å². The molecule has 1 aromatic rings. The molecule has 1 aliphatic rings. The predicted molar refractivity (Wildman–Crippen MR) is 84.8 cm³/mol. The maximum Gasteiger partial charge on any atom is 0.222 e. The van der Waals surface area contributed by atoms with Crippen molar-refractivity contribution in [3.63, 3.8) is 0 Å². The van der Waals surface area contributed by atoms with Gasteiger partial charge in [0.15, 0.2) is 0 Å². The highest BCUT2D eigenvalue weighted by molar-refractivity contribution is 5.85. The Hall–Kier alpha value is -1.06. The first-order chi connectivity index (χ1) is 9.15. The molecule has 2 rings (SSSR count). The lowest BCUT2D eigenvalue weighted by atomic mass is 9.79. The fraction of sp³-hybridized carbons (Fsp3) is 0.562. The summed E-state index contributed by atoms with van der Waals surface area (Å²) >= 11 is 0. The second kappa shape index (κ2) is 8.28. The number of hydrogen-bond acceptors (Lipinski definition) is 2. The van der Waals surface area contributed by atoms with Gasteiger partial charge in [0.05, 0.1) is 6.04 Å². The van der Waals surface area contributed by atoms with Crippen LogP contribution in [0.5, 0.6) is 0 Å². The van der Waals surface area contributed by atoms with E-state index in [1.807, 2.05) is 25.1 Å². The molecular weight excluding hydrogens is 272 g/mol. The molecule has 1 aliphatic carbocycles. The molecule has 0 heterocycles. The van der Waals surface area contributed by atoms with Gasteiger partial charge in [-0.1, -0.05) is 49.6 Å². The zero-order valence-corrected chi connectivity index (χ0v) is 12.9. The van der Waals surface area contributed by atoms with E-state index in [9.17, 15) is 4.79 Å². The van der Waals surface area contributed by atoms with E-state index < -0.39 is 0 Å². The Balaban J connectivity index is 0.00000200. The number of carbonyl (C=O) groups excluding carboxylic acids is 1. The third kappa shape index (κ3) is 5.14. The van der Waals surface area contributed by atoms with E-state index in [2.05, 4.69) is 17.4 Å². The summed E-state index contributed by atoms with van der Waals surface area (Å²) in [4.78, 5) is 11.9. The third-order valence-electron chi connectivity index (χ3n) is 3.84. The summed E-state index contributed by atoms with van der Waals surface area (Å²) in [5, 5.41) is 3.14. The van der Waals surface area contributed by atoms with Gasteiger partial charge in [-0.15, -0.1) is 12.4 Å². The summed E-state index contributed by atoms with van der Waals surface area (Å²) in [7, 11) is 0. The summed E-state index contributed by atoms with van der Waals surface area (Å²) in [6.07, 6.45) is 5.38. The quantitative estimate of drug-likeness (QED) is 0.847. The van der Waals surface area contributed by atoms with E-state index in [-0.39, 0.29) is 30.4 Å². The van der Waals surface area contributed by atoms with E-state index in [1.54, 1.807) is 0 Å². The second-order valence-corrected chi connectivity index (χ2v) is 5.74. The average molecular weight is 297 g/mol. The molecule has 0 aromatic heterocycles. The Morgan fingerprint density at radius 1 is 1.35 bits per heavy atom. The lowest BCUT2D eigenvalue weighted by Gasteiger charge is -2.30. The molecule has 1 fully saturated rings. The van der Waals surface area contributed by atoms with E-state index in [0.717, 1.165) is 12.3 Å². The summed E-state index contributed by atoms with van der Waals surface area (Å²) < 4.78 is 0. The Morgan fingerprint density at radius 2 is 2.00 bits per heavy atom. The van der Waals surface area contributed by atoms with Crippen molar-refractivity contribution in [1.82, 2.24) is 5.32 Å². The van der Waals surface area contributed by atoms with Crippen LogP contribution in [0.1, 0.15) is 50.6 Å². The first-order valence-corrected chi connectivity index (χ1v) is 7.25. The number of rotatable bonds is 6. The number of benzene rings is 1. The standard InChI is InChI=1S/C16H24N2O.ClH/c1-12(17)10-16(19)18-15(11-13-6-5-7-13)14-8-3-2-4-9-14;/h2-4,8-9,12-13,15H,5-7,10-11,17H2,1H3,(H,18,19);1H. The number of nitrogens with two attached hydrogens (primary N) is 1. The van der Waals surface area contributed by atoms with Crippen molar-refractivity contribution in [2.24, 2.45) is 11.7 Å². The van der Waals surface area contributed by atoms with Crippen LogP contribution in [0.15, 0.2) is 30.3 Å². The number of carbonyl (C=O) groups is 1. The van der Waals surface area contributed by atoms with Crippen LogP contribution in [0.25, 0.3) is 0 Å². The highest BCUT2D eigenvalue weighted by Crippen LogP contribution is 2.34. The minimum atomic E-state index is -0.0832. The fourth-order valence-electron chi connectivity index (χ4n) is 2.57. The third-order valence-corrected chi connectivity index (χ3v) is 3.84. The molecular formula is C16H25ClN2O. The van der Waals surface area contributed by atoms with Crippen LogP contribution < -0.4 is 11.1 Å². The van der Waals surface area contributed by atoms with Crippen molar-refractivity contribution in [3.05, 3.63) is 35.9 Å². The SMILES string of the molecule is CC(N)CC(=O)NC(CC1CCC1)c1ccccc1.Cl. The lowest BCUT2D eigenvalue weighted by molar-refractivity contribution is -0.122. The van der Waals surface area contributed by atoms with Crippen LogP contribution in [0.3, 0.4) is 0 Å². The zero-order valence-electron chi connectivity index (χ0n) is 12.0. The Morgan fingerprint density at radius 3 is 2.50 bits per heavy atom. The summed E-state index contributed by atoms with van der Waals surface area (Å²) in [5.41, 5.74) is 6.89. The molecule has 0 saturated heterocycles. The smallest absolute Gasteiger partial charge is 0.222 e. The highest BCUT2D eigenvalue weighted by Gasteiger charge is 2.24. The van der Waals surface area contributed by atoms with Crippen LogP contribution in [0.2, 0.25) is 0 Å². The molecule has 0 radical (unpaired) electrons. The Kier molecular flexibility index (Phi) is 7.03. The van der Waals surface area contributed by atoms with Crippen molar-refractivity contribution >= 4 is 18.3 Å². The van der Waals surface area contributed by atoms with Crippen LogP contribution in [0, 0.1) is 5.92 Å². The Labute approximate surface area is 127 Å². The largest absolute Gasteiger partial charge is 0.349 e. The van der Waals surface area contributed by atoms with Gasteiger partial charge in [-0.2, -0.15) is 0 Å². The molecule has 0 bridgehead atoms. The molecule has 1 amide bonds. The molecule has 3 nitrogen and oxygen atoms in total. The van der Waals surface area contributed by atoms with E-state index >= 15 is 0 Å². The van der Waals surface area contributed by atoms with E-state index in [0.29, 0.717) is 6.42 Å². The van der Waals surface area contributed by atoms with Crippen LogP contribution in [-0.2, 0) is 4.79 Å². The highest BCUT2D eigenvalue weighted by atomic mass is 35.5. The van der Waals surface area contributed by atoms with Crippen molar-refractivity contribution in [2.45, 2.75) is 51.1 Å². The molecule has 0 aliphatic heterocycles. The van der Waals surface area contributed by atoms with Gasteiger partial charge < -0.3 is 11.1 Å². The van der Waals surface area contributed by atoms with Gasteiger partial charge in [-0.3, -0.25) is 4.79 Å². The van der Waals surface area contributed by atoms with Crippen LogP contribution >= 0.6 is 12.4 Å². The zero-order chi connectivity index (χ0) is 13.7. The summed E-state index contributed by atoms with van der Waals surface area (Å²) in [5.74, 6) is 0.823. The monoisotopic (exact) mass is 296 g/mol. The molecule has 1 aromatic carbocycles. The van der Waals surface area contributed by atoms with Gasteiger partial charge in [0.25, 0.3) is 0 Å². The van der Waals surface area contributed by atoms with E-state index in [1.165, 1.54) is 24.8 Å². The number of amides is 1. The maximum absolute atomic E-state index is 11.9. The molecule has 4 heteroatoms. The molecule has 20 heavy (non-hydrogen) atoms. The molecule has 2 unspecified atom stereocenters. The topological polar surface area (TPSA) is 55.1 Å². The van der Waals surface area contributed by atoms with Crippen molar-refractivity contribution in [3.8, 4) is 0 Å². The maximum atomic E-state index is 11.9. The molecule has 2 atom stereocenters. The van der Waals surface area contributed by atoms with Gasteiger partial charge >= 0.3 is 0 Å². The van der Waals surface area contributed by atoms with Gasteiger partial charge in [0.1, 0.15) is 0 Å². The summed E-state index contributed by atoms with van der Waals surface area (Å²) in [6.45, 7) is 1.86. The first kappa shape index (κ1) is 17.0. The number of hydrogen-bond donors (Lipinski definition) is 2. The van der Waals surface area contributed by atoms with Gasteiger partial charge in [0.2, 0.25) is 5.91 Å². The minimum absolute atomic E-state index is 0. The van der Waals surface area contributed by atoms with Gasteiger partial charge in [-0.25, -0.2) is 0 Å². The van der Waals surface area contributed by atoms with Gasteiger partial charge in [0, 0.05) is 12.5 Å². The molecule has 3 N–H and O–H groups in total. The normalized spacial score (nSPS) is 17.5. The Bertz CT molecular complexity index is 404. The number of halogens is 1. The van der Waals surface area contributed by atoms with Crippen molar-refractivity contribution in [1.29, 1.82) is 0 Å². The summed E-state index contributed by atoms with van der Waals surface area (Å²) in [6, 6.07) is 10.3. The first-order valence-electron chi connectivity index (χ1n) is 7.25. The predicted octanol–water partition coefficient (Wildman–Crippen LogP) is 3.19. The molecule has 0 spiro atoms. The fourth-order valence-corrected chi connectivity index (χ4v) is 2.57. The average Bonchev–Trinajstić information content (AvgIpc) is 2.32. The lowest BCUT2D eigenvalue weighted by Crippen LogP contribution is -2.34. The van der Waals surface area contributed by atoms with Crippen molar-refractivity contribution in [2.75, 3.05) is 0 Å². The van der Waals surface area contributed by atoms with Crippen LogP contribution in [0.4, 0.5) is 0 Å². The van der Waals surface area contributed by atoms with Crippen molar-refractivity contribution < 1.29 is 4.79 Å². The number of nitrogens with one attached hydrogen (secondary N) is 1. The second-order valence-electron chi connectivity index (χ2n) is 5.74. The van der Waals surface area contributed by atoms with Gasteiger partial charge in [-0.05, 0) is 24.8 Å². The molecule has 112 valence electrons. The minimum Gasteiger partial charge on any atom is -0.349 e.